The molecular formula is C14H13N3O4. The second-order valence-electron chi connectivity index (χ2n) is 4.17. The Morgan fingerprint density at radius 3 is 2.71 bits per heavy atom. The summed E-state index contributed by atoms with van der Waals surface area (Å²) in [6.07, 6.45) is 2.54. The second-order valence-corrected chi connectivity index (χ2v) is 4.17. The Labute approximate surface area is 120 Å². The van der Waals surface area contributed by atoms with Gasteiger partial charge in [0.15, 0.2) is 0 Å². The smallest absolute Gasteiger partial charge is 0.337 e. The van der Waals surface area contributed by atoms with E-state index in [0.717, 1.165) is 0 Å². The molecule has 1 aromatic heterocycles. The third kappa shape index (κ3) is 3.27. The summed E-state index contributed by atoms with van der Waals surface area (Å²) in [4.78, 5) is 26.8. The number of nitrogen functional groups attached to an aromatic ring is 1. The predicted molar refractivity (Wildman–Crippen MR) is 76.6 cm³/mol. The van der Waals surface area contributed by atoms with E-state index in [-0.39, 0.29) is 22.5 Å². The number of anilines is 2. The van der Waals surface area contributed by atoms with Gasteiger partial charge in [-0.25, -0.2) is 4.79 Å². The summed E-state index contributed by atoms with van der Waals surface area (Å²) in [5.41, 5.74) is 6.51. The maximum Gasteiger partial charge on any atom is 0.337 e. The zero-order valence-corrected chi connectivity index (χ0v) is 11.2. The SMILES string of the molecule is COc1ccc(N)c(C(=O)Nc2cncc(C(=O)O)c2)c1. The first-order valence-electron chi connectivity index (χ1n) is 5.94. The van der Waals surface area contributed by atoms with Crippen LogP contribution < -0.4 is 15.8 Å². The molecule has 108 valence electrons. The molecule has 7 heteroatoms. The number of aromatic nitrogens is 1. The fourth-order valence-corrected chi connectivity index (χ4v) is 1.68. The number of nitrogens with two attached hydrogens (primary N) is 1. The molecule has 0 saturated heterocycles. The molecule has 0 radical (unpaired) electrons. The van der Waals surface area contributed by atoms with Crippen LogP contribution in [0.1, 0.15) is 20.7 Å². The van der Waals surface area contributed by atoms with E-state index in [1.807, 2.05) is 0 Å². The number of hydrogen-bond acceptors (Lipinski definition) is 5. The van der Waals surface area contributed by atoms with Crippen molar-refractivity contribution >= 4 is 23.3 Å². The van der Waals surface area contributed by atoms with Crippen LogP contribution in [0.15, 0.2) is 36.7 Å². The normalized spacial score (nSPS) is 9.95. The van der Waals surface area contributed by atoms with E-state index in [1.165, 1.54) is 31.6 Å². The largest absolute Gasteiger partial charge is 0.497 e. The van der Waals surface area contributed by atoms with Gasteiger partial charge in [-0.3, -0.25) is 9.78 Å². The summed E-state index contributed by atoms with van der Waals surface area (Å²) in [7, 11) is 1.48. The number of carboxylic acid groups (broad SMARTS) is 1. The van der Waals surface area contributed by atoms with Gasteiger partial charge in [-0.05, 0) is 24.3 Å². The summed E-state index contributed by atoms with van der Waals surface area (Å²) in [5.74, 6) is -1.11. The molecule has 0 saturated carbocycles. The first-order valence-corrected chi connectivity index (χ1v) is 5.94. The second kappa shape index (κ2) is 5.91. The number of carboxylic acids is 1. The quantitative estimate of drug-likeness (QED) is 0.736. The summed E-state index contributed by atoms with van der Waals surface area (Å²) >= 11 is 0. The van der Waals surface area contributed by atoms with Crippen molar-refractivity contribution in [1.29, 1.82) is 0 Å². The third-order valence-electron chi connectivity index (χ3n) is 2.75. The van der Waals surface area contributed by atoms with Crippen molar-refractivity contribution in [3.05, 3.63) is 47.8 Å². The number of methoxy groups -OCH3 is 1. The van der Waals surface area contributed by atoms with Crippen LogP contribution in [0.2, 0.25) is 0 Å². The minimum Gasteiger partial charge on any atom is -0.497 e. The molecule has 0 aliphatic rings. The molecule has 0 aliphatic carbocycles. The van der Waals surface area contributed by atoms with Gasteiger partial charge < -0.3 is 20.9 Å². The molecule has 21 heavy (non-hydrogen) atoms. The molecule has 0 atom stereocenters. The lowest BCUT2D eigenvalue weighted by atomic mass is 10.1. The van der Waals surface area contributed by atoms with Gasteiger partial charge in [0.25, 0.3) is 5.91 Å². The van der Waals surface area contributed by atoms with E-state index >= 15 is 0 Å². The highest BCUT2D eigenvalue weighted by atomic mass is 16.5. The van der Waals surface area contributed by atoms with Gasteiger partial charge in [-0.2, -0.15) is 0 Å². The van der Waals surface area contributed by atoms with Crippen LogP contribution >= 0.6 is 0 Å². The van der Waals surface area contributed by atoms with Crippen molar-refractivity contribution in [2.75, 3.05) is 18.2 Å². The van der Waals surface area contributed by atoms with Crippen LogP contribution in [0, 0.1) is 0 Å². The summed E-state index contributed by atoms with van der Waals surface area (Å²) in [6.45, 7) is 0. The highest BCUT2D eigenvalue weighted by molar-refractivity contribution is 6.08. The molecule has 2 aromatic rings. The van der Waals surface area contributed by atoms with Crippen LogP contribution in [0.4, 0.5) is 11.4 Å². The number of carbonyl (C=O) groups is 2. The van der Waals surface area contributed by atoms with E-state index in [0.29, 0.717) is 5.75 Å². The Bertz CT molecular complexity index is 700. The van der Waals surface area contributed by atoms with E-state index in [1.54, 1.807) is 12.1 Å². The Hall–Kier alpha value is -3.09. The molecule has 2 rings (SSSR count). The standard InChI is InChI=1S/C14H13N3O4/c1-21-10-2-3-12(15)11(5-10)13(18)17-9-4-8(14(19)20)6-16-7-9/h2-7H,15H2,1H3,(H,17,18)(H,19,20). The average molecular weight is 287 g/mol. The fourth-order valence-electron chi connectivity index (χ4n) is 1.68. The molecule has 0 bridgehead atoms. The Morgan fingerprint density at radius 2 is 2.05 bits per heavy atom. The van der Waals surface area contributed by atoms with Crippen molar-refractivity contribution < 1.29 is 19.4 Å². The number of carbonyl (C=O) groups excluding carboxylic acids is 1. The van der Waals surface area contributed by atoms with Crippen LogP contribution in [-0.2, 0) is 0 Å². The van der Waals surface area contributed by atoms with Gasteiger partial charge in [0, 0.05) is 11.9 Å². The highest BCUT2D eigenvalue weighted by Gasteiger charge is 2.12. The maximum absolute atomic E-state index is 12.2. The summed E-state index contributed by atoms with van der Waals surface area (Å²) < 4.78 is 5.04. The number of amides is 1. The van der Waals surface area contributed by atoms with Crippen LogP contribution in [-0.4, -0.2) is 29.1 Å². The number of pyridine rings is 1. The number of nitrogens with one attached hydrogen (secondary N) is 1. The molecule has 1 heterocycles. The lowest BCUT2D eigenvalue weighted by Crippen LogP contribution is -2.14. The van der Waals surface area contributed by atoms with Crippen molar-refractivity contribution in [2.45, 2.75) is 0 Å². The molecule has 0 aliphatic heterocycles. The van der Waals surface area contributed by atoms with Crippen molar-refractivity contribution in [3.8, 4) is 5.75 Å². The average Bonchev–Trinajstić information content (AvgIpc) is 2.48. The predicted octanol–water partition coefficient (Wildman–Crippen LogP) is 1.62. The van der Waals surface area contributed by atoms with E-state index in [2.05, 4.69) is 10.3 Å². The Kier molecular flexibility index (Phi) is 4.03. The molecule has 0 unspecified atom stereocenters. The molecular weight excluding hydrogens is 274 g/mol. The number of rotatable bonds is 4. The van der Waals surface area contributed by atoms with Crippen molar-refractivity contribution in [2.24, 2.45) is 0 Å². The molecule has 1 amide bonds. The zero-order valence-electron chi connectivity index (χ0n) is 11.2. The number of aromatic carboxylic acids is 1. The first kappa shape index (κ1) is 14.3. The van der Waals surface area contributed by atoms with Gasteiger partial charge in [0.1, 0.15) is 5.75 Å². The van der Waals surface area contributed by atoms with Gasteiger partial charge in [0.2, 0.25) is 0 Å². The van der Waals surface area contributed by atoms with Crippen LogP contribution in [0.25, 0.3) is 0 Å². The third-order valence-corrected chi connectivity index (χ3v) is 2.75. The Balaban J connectivity index is 2.25. The molecule has 7 nitrogen and oxygen atoms in total. The van der Waals surface area contributed by atoms with E-state index in [9.17, 15) is 9.59 Å². The van der Waals surface area contributed by atoms with Gasteiger partial charge >= 0.3 is 5.97 Å². The maximum atomic E-state index is 12.2. The lowest BCUT2D eigenvalue weighted by Gasteiger charge is -2.09. The van der Waals surface area contributed by atoms with E-state index in [4.69, 9.17) is 15.6 Å². The van der Waals surface area contributed by atoms with Crippen LogP contribution in [0.3, 0.4) is 0 Å². The van der Waals surface area contributed by atoms with Gasteiger partial charge in [-0.15, -0.1) is 0 Å². The van der Waals surface area contributed by atoms with Crippen molar-refractivity contribution in [1.82, 2.24) is 4.98 Å². The fraction of sp³-hybridized carbons (Fsp3) is 0.0714. The van der Waals surface area contributed by atoms with E-state index < -0.39 is 11.9 Å². The number of nitrogens with zero attached hydrogens (tertiary/aromatic N) is 1. The first-order chi connectivity index (χ1) is 10.0. The minimum absolute atomic E-state index is 0.0218. The zero-order chi connectivity index (χ0) is 15.4. The topological polar surface area (TPSA) is 115 Å². The number of ether oxygens (including phenoxy) is 1. The molecule has 1 aromatic carbocycles. The monoisotopic (exact) mass is 287 g/mol. The summed E-state index contributed by atoms with van der Waals surface area (Å²) in [6, 6.07) is 6.00. The molecule has 0 spiro atoms. The van der Waals surface area contributed by atoms with Crippen LogP contribution in [0.5, 0.6) is 5.75 Å². The molecule has 4 N–H and O–H groups in total. The number of hydrogen-bond donors (Lipinski definition) is 3. The van der Waals surface area contributed by atoms with Crippen molar-refractivity contribution in [3.63, 3.8) is 0 Å². The molecule has 0 fully saturated rings. The Morgan fingerprint density at radius 1 is 1.29 bits per heavy atom. The number of benzene rings is 1. The lowest BCUT2D eigenvalue weighted by molar-refractivity contribution is 0.0696. The van der Waals surface area contributed by atoms with Gasteiger partial charge in [0.05, 0.1) is 30.1 Å². The van der Waals surface area contributed by atoms with Gasteiger partial charge in [-0.1, -0.05) is 0 Å². The minimum atomic E-state index is -1.13. The summed E-state index contributed by atoms with van der Waals surface area (Å²) in [5, 5.41) is 11.4. The highest BCUT2D eigenvalue weighted by Crippen LogP contribution is 2.21.